The van der Waals surface area contributed by atoms with Crippen molar-refractivity contribution in [3.63, 3.8) is 0 Å². The fourth-order valence-corrected chi connectivity index (χ4v) is 5.69. The molecule has 0 radical (unpaired) electrons. The molecule has 0 spiro atoms. The van der Waals surface area contributed by atoms with E-state index in [2.05, 4.69) is 10.3 Å². The molecule has 0 aliphatic carbocycles. The van der Waals surface area contributed by atoms with Crippen LogP contribution in [0.4, 0.5) is 10.9 Å². The molecule has 0 atom stereocenters. The van der Waals surface area contributed by atoms with Gasteiger partial charge in [0.1, 0.15) is 5.82 Å². The highest BCUT2D eigenvalue weighted by Crippen LogP contribution is 2.30. The van der Waals surface area contributed by atoms with E-state index < -0.39 is 10.2 Å². The number of pyridine rings is 1. The minimum Gasteiger partial charge on any atom is -0.316 e. The zero-order chi connectivity index (χ0) is 19.4. The van der Waals surface area contributed by atoms with Crippen LogP contribution in [0.3, 0.4) is 0 Å². The molecular weight excluding hydrogens is 382 g/mol. The van der Waals surface area contributed by atoms with E-state index in [9.17, 15) is 8.42 Å². The second-order valence-corrected chi connectivity index (χ2v) is 9.78. The van der Waals surface area contributed by atoms with Crippen LogP contribution in [0.15, 0.2) is 24.4 Å². The lowest BCUT2D eigenvalue weighted by molar-refractivity contribution is 0.289. The van der Waals surface area contributed by atoms with Gasteiger partial charge in [-0.3, -0.25) is 0 Å². The molecule has 3 heterocycles. The van der Waals surface area contributed by atoms with Gasteiger partial charge in [0.25, 0.3) is 10.2 Å². The Hall–Kier alpha value is -1.55. The minimum atomic E-state index is -3.35. The molecule has 0 unspecified atom stereocenters. The van der Waals surface area contributed by atoms with Crippen LogP contribution in [0, 0.1) is 6.92 Å². The molecule has 0 aromatic carbocycles. The highest BCUT2D eigenvalue weighted by Gasteiger charge is 2.32. The van der Waals surface area contributed by atoms with Gasteiger partial charge in [-0.05, 0) is 31.9 Å². The topological polar surface area (TPSA) is 78.4 Å². The number of nitrogens with zero attached hydrogens (tertiary/aromatic N) is 4. The van der Waals surface area contributed by atoms with E-state index in [1.165, 1.54) is 4.31 Å². The van der Waals surface area contributed by atoms with Crippen LogP contribution in [-0.2, 0) is 10.2 Å². The Balaban J connectivity index is 1.65. The van der Waals surface area contributed by atoms with Crippen LogP contribution in [-0.4, -0.2) is 53.2 Å². The number of thiazole rings is 1. The molecule has 1 saturated heterocycles. The Morgan fingerprint density at radius 1 is 1.26 bits per heavy atom. The third-order valence-corrected chi connectivity index (χ3v) is 7.87. The normalized spacial score (nSPS) is 16.7. The maximum absolute atomic E-state index is 12.7. The van der Waals surface area contributed by atoms with Crippen molar-refractivity contribution in [2.75, 3.05) is 31.5 Å². The second kappa shape index (κ2) is 8.64. The van der Waals surface area contributed by atoms with Crippen LogP contribution < -0.4 is 5.32 Å². The van der Waals surface area contributed by atoms with Crippen LogP contribution in [0.2, 0.25) is 0 Å². The second-order valence-electron chi connectivity index (χ2n) is 6.61. The molecule has 7 nitrogen and oxygen atoms in total. The van der Waals surface area contributed by atoms with Crippen LogP contribution in [0.25, 0.3) is 0 Å². The van der Waals surface area contributed by atoms with Gasteiger partial charge < -0.3 is 5.32 Å². The van der Waals surface area contributed by atoms with Gasteiger partial charge in [0.2, 0.25) is 0 Å². The van der Waals surface area contributed by atoms with Gasteiger partial charge in [-0.1, -0.05) is 19.9 Å². The highest BCUT2D eigenvalue weighted by molar-refractivity contribution is 7.86. The Labute approximate surface area is 165 Å². The summed E-state index contributed by atoms with van der Waals surface area (Å²) < 4.78 is 28.5. The zero-order valence-electron chi connectivity index (χ0n) is 16.1. The van der Waals surface area contributed by atoms with Crippen molar-refractivity contribution in [2.45, 2.75) is 39.5 Å². The fraction of sp³-hybridized carbons (Fsp3) is 0.556. The van der Waals surface area contributed by atoms with Crippen molar-refractivity contribution in [2.24, 2.45) is 0 Å². The highest BCUT2D eigenvalue weighted by atomic mass is 32.2. The number of aryl methyl sites for hydroxylation is 1. The summed E-state index contributed by atoms with van der Waals surface area (Å²) in [5.41, 5.74) is 1.01. The summed E-state index contributed by atoms with van der Waals surface area (Å²) in [5.74, 6) is 1.05. The summed E-state index contributed by atoms with van der Waals surface area (Å²) in [6.45, 7) is 7.85. The third kappa shape index (κ3) is 4.66. The summed E-state index contributed by atoms with van der Waals surface area (Å²) in [4.78, 5) is 10.2. The lowest BCUT2D eigenvalue weighted by Gasteiger charge is -2.34. The number of aromatic nitrogens is 2. The summed E-state index contributed by atoms with van der Waals surface area (Å²) in [6, 6.07) is 5.95. The molecule has 148 valence electrons. The molecular formula is C18H27N5O2S2. The smallest absolute Gasteiger partial charge is 0.281 e. The maximum Gasteiger partial charge on any atom is 0.281 e. The summed E-state index contributed by atoms with van der Waals surface area (Å²) in [5, 5.41) is 4.08. The van der Waals surface area contributed by atoms with Crippen LogP contribution in [0.5, 0.6) is 0 Å². The van der Waals surface area contributed by atoms with Crippen LogP contribution >= 0.6 is 11.3 Å². The first kappa shape index (κ1) is 20.2. The van der Waals surface area contributed by atoms with Crippen molar-refractivity contribution >= 4 is 32.5 Å². The van der Waals surface area contributed by atoms with Gasteiger partial charge in [0.15, 0.2) is 5.13 Å². The third-order valence-electron chi connectivity index (χ3n) is 4.86. The Morgan fingerprint density at radius 2 is 1.96 bits per heavy atom. The Morgan fingerprint density at radius 3 is 2.56 bits per heavy atom. The van der Waals surface area contributed by atoms with Gasteiger partial charge in [-0.25, -0.2) is 9.97 Å². The maximum atomic E-state index is 12.7. The molecule has 3 rings (SSSR count). The van der Waals surface area contributed by atoms with Gasteiger partial charge in [-0.2, -0.15) is 17.0 Å². The number of piperidine rings is 1. The zero-order valence-corrected chi connectivity index (χ0v) is 17.7. The van der Waals surface area contributed by atoms with E-state index in [1.807, 2.05) is 45.2 Å². The lowest BCUT2D eigenvalue weighted by Crippen LogP contribution is -2.46. The van der Waals surface area contributed by atoms with Gasteiger partial charge in [0.05, 0.1) is 0 Å². The van der Waals surface area contributed by atoms with E-state index in [0.29, 0.717) is 26.2 Å². The quantitative estimate of drug-likeness (QED) is 0.759. The molecule has 9 heteroatoms. The molecule has 0 saturated carbocycles. The summed E-state index contributed by atoms with van der Waals surface area (Å²) in [7, 11) is -3.35. The SMILES string of the molecule is CCN(CC)S(=O)(=O)N1CCC(c2cccc(Nc3ncc(C)s3)n2)CC1. The largest absolute Gasteiger partial charge is 0.316 e. The van der Waals surface area contributed by atoms with Gasteiger partial charge >= 0.3 is 0 Å². The number of nitrogens with one attached hydrogen (secondary N) is 1. The van der Waals surface area contributed by atoms with Crippen molar-refractivity contribution in [3.05, 3.63) is 35.0 Å². The van der Waals surface area contributed by atoms with E-state index >= 15 is 0 Å². The van der Waals surface area contributed by atoms with Crippen molar-refractivity contribution in [1.29, 1.82) is 0 Å². The molecule has 27 heavy (non-hydrogen) atoms. The standard InChI is InChI=1S/C18H27N5O2S2/c1-4-22(5-2)27(24,25)23-11-9-15(10-12-23)16-7-6-8-17(20-16)21-18-19-13-14(3)26-18/h6-8,13,15H,4-5,9-12H2,1-3H3,(H,19,20,21). The van der Waals surface area contributed by atoms with Crippen molar-refractivity contribution in [3.8, 4) is 0 Å². The summed E-state index contributed by atoms with van der Waals surface area (Å²) in [6.07, 6.45) is 3.41. The monoisotopic (exact) mass is 409 g/mol. The first-order chi connectivity index (χ1) is 12.9. The number of rotatable bonds is 7. The van der Waals surface area contributed by atoms with E-state index in [1.54, 1.807) is 15.6 Å². The fourth-order valence-electron chi connectivity index (χ4n) is 3.37. The average Bonchev–Trinajstić information content (AvgIpc) is 3.07. The van der Waals surface area contributed by atoms with Crippen LogP contribution in [0.1, 0.15) is 43.2 Å². The Kier molecular flexibility index (Phi) is 6.46. The summed E-state index contributed by atoms with van der Waals surface area (Å²) >= 11 is 1.59. The van der Waals surface area contributed by atoms with Gasteiger partial charge in [-0.15, -0.1) is 11.3 Å². The van der Waals surface area contributed by atoms with Gasteiger partial charge in [0, 0.05) is 48.9 Å². The predicted octanol–water partition coefficient (Wildman–Crippen LogP) is 3.36. The first-order valence-corrected chi connectivity index (χ1v) is 11.6. The van der Waals surface area contributed by atoms with Crippen molar-refractivity contribution < 1.29 is 8.42 Å². The molecule has 1 N–H and O–H groups in total. The molecule has 1 aliphatic heterocycles. The van der Waals surface area contributed by atoms with E-state index in [0.717, 1.165) is 34.4 Å². The molecule has 2 aromatic heterocycles. The number of hydrogen-bond acceptors (Lipinski definition) is 6. The number of anilines is 2. The molecule has 1 fully saturated rings. The van der Waals surface area contributed by atoms with Crippen molar-refractivity contribution in [1.82, 2.24) is 18.6 Å². The first-order valence-electron chi connectivity index (χ1n) is 9.35. The molecule has 0 amide bonds. The molecule has 0 bridgehead atoms. The Bertz CT molecular complexity index is 856. The minimum absolute atomic E-state index is 0.271. The van der Waals surface area contributed by atoms with E-state index in [4.69, 9.17) is 4.98 Å². The molecule has 1 aliphatic rings. The van der Waals surface area contributed by atoms with E-state index in [-0.39, 0.29) is 5.92 Å². The lowest BCUT2D eigenvalue weighted by atomic mass is 9.94. The average molecular weight is 410 g/mol. The predicted molar refractivity (Wildman–Crippen MR) is 110 cm³/mol. The molecule has 2 aromatic rings. The number of hydrogen-bond donors (Lipinski definition) is 1.